The molecule has 4 rings (SSSR count). The van der Waals surface area contributed by atoms with Gasteiger partial charge in [0.2, 0.25) is 0 Å². The van der Waals surface area contributed by atoms with Crippen LogP contribution in [0.2, 0.25) is 0 Å². The SMILES string of the molecule is COc1ccc(CN=C(C2=C(O)c3ccccc3C2=O)c2ccccc2)cc1OC. The Balaban J connectivity index is 1.78. The second-order valence-corrected chi connectivity index (χ2v) is 6.82. The number of methoxy groups -OCH3 is 2. The van der Waals surface area contributed by atoms with Crippen molar-refractivity contribution in [2.45, 2.75) is 6.54 Å². The van der Waals surface area contributed by atoms with Crippen LogP contribution < -0.4 is 9.47 Å². The lowest BCUT2D eigenvalue weighted by Gasteiger charge is -2.11. The van der Waals surface area contributed by atoms with Gasteiger partial charge in [0, 0.05) is 16.7 Å². The molecule has 0 atom stereocenters. The number of fused-ring (bicyclic) bond motifs is 1. The molecular formula is C25H21NO4. The van der Waals surface area contributed by atoms with E-state index in [1.807, 2.05) is 48.5 Å². The molecule has 150 valence electrons. The summed E-state index contributed by atoms with van der Waals surface area (Å²) in [5.41, 5.74) is 3.36. The Morgan fingerprint density at radius 3 is 2.20 bits per heavy atom. The van der Waals surface area contributed by atoms with Gasteiger partial charge in [-0.05, 0) is 17.7 Å². The van der Waals surface area contributed by atoms with Crippen LogP contribution in [0.3, 0.4) is 0 Å². The number of Topliss-reactive ketones (excluding diaryl/α,β-unsaturated/α-hetero) is 1. The van der Waals surface area contributed by atoms with Gasteiger partial charge < -0.3 is 14.6 Å². The number of aliphatic hydroxyl groups is 1. The summed E-state index contributed by atoms with van der Waals surface area (Å²) in [4.78, 5) is 17.8. The molecule has 0 spiro atoms. The van der Waals surface area contributed by atoms with Crippen LogP contribution in [0, 0.1) is 0 Å². The molecule has 1 N–H and O–H groups in total. The Kier molecular flexibility index (Phi) is 5.35. The fraction of sp³-hybridized carbons (Fsp3) is 0.120. The largest absolute Gasteiger partial charge is 0.506 e. The molecule has 0 saturated carbocycles. The number of aliphatic imine (C=N–C) groups is 1. The molecule has 0 amide bonds. The highest BCUT2D eigenvalue weighted by Crippen LogP contribution is 2.33. The number of benzene rings is 3. The third-order valence-electron chi connectivity index (χ3n) is 5.04. The predicted molar refractivity (Wildman–Crippen MR) is 117 cm³/mol. The van der Waals surface area contributed by atoms with Crippen LogP contribution in [0.15, 0.2) is 83.4 Å². The Bertz CT molecular complexity index is 1160. The maximum absolute atomic E-state index is 13.1. The van der Waals surface area contributed by atoms with Crippen molar-refractivity contribution in [1.82, 2.24) is 0 Å². The van der Waals surface area contributed by atoms with Crippen LogP contribution in [0.25, 0.3) is 5.76 Å². The van der Waals surface area contributed by atoms with Crippen molar-refractivity contribution < 1.29 is 19.4 Å². The smallest absolute Gasteiger partial charge is 0.199 e. The molecule has 0 unspecified atom stereocenters. The molecule has 0 radical (unpaired) electrons. The van der Waals surface area contributed by atoms with Crippen LogP contribution in [0.4, 0.5) is 0 Å². The molecule has 1 aliphatic rings. The number of carbonyl (C=O) groups is 1. The van der Waals surface area contributed by atoms with Gasteiger partial charge in [-0.3, -0.25) is 9.79 Å². The number of hydrogen-bond donors (Lipinski definition) is 1. The summed E-state index contributed by atoms with van der Waals surface area (Å²) in [5, 5.41) is 10.8. The van der Waals surface area contributed by atoms with Crippen molar-refractivity contribution in [2.75, 3.05) is 14.2 Å². The van der Waals surface area contributed by atoms with E-state index in [1.54, 1.807) is 38.5 Å². The summed E-state index contributed by atoms with van der Waals surface area (Å²) in [6.45, 7) is 0.311. The summed E-state index contributed by atoms with van der Waals surface area (Å²) in [6, 6.07) is 22.0. The summed E-state index contributed by atoms with van der Waals surface area (Å²) in [5.74, 6) is 0.983. The Labute approximate surface area is 174 Å². The van der Waals surface area contributed by atoms with Crippen LogP contribution in [-0.2, 0) is 6.54 Å². The van der Waals surface area contributed by atoms with Gasteiger partial charge in [0.1, 0.15) is 5.76 Å². The van der Waals surface area contributed by atoms with Gasteiger partial charge in [-0.2, -0.15) is 0 Å². The summed E-state index contributed by atoms with van der Waals surface area (Å²) < 4.78 is 10.7. The van der Waals surface area contributed by atoms with Crippen molar-refractivity contribution in [3.05, 3.63) is 101 Å². The Morgan fingerprint density at radius 2 is 1.53 bits per heavy atom. The van der Waals surface area contributed by atoms with E-state index in [0.717, 1.165) is 11.1 Å². The van der Waals surface area contributed by atoms with Gasteiger partial charge >= 0.3 is 0 Å². The van der Waals surface area contributed by atoms with E-state index in [2.05, 4.69) is 0 Å². The molecule has 3 aromatic carbocycles. The quantitative estimate of drug-likeness (QED) is 0.601. The molecule has 5 heteroatoms. The van der Waals surface area contributed by atoms with E-state index in [9.17, 15) is 9.90 Å². The minimum absolute atomic E-state index is 0.0366. The number of ketones is 1. The maximum Gasteiger partial charge on any atom is 0.199 e. The highest BCUT2D eigenvalue weighted by atomic mass is 16.5. The molecule has 1 aliphatic carbocycles. The van der Waals surface area contributed by atoms with Gasteiger partial charge in [0.15, 0.2) is 17.3 Å². The number of hydrogen-bond acceptors (Lipinski definition) is 5. The molecule has 0 saturated heterocycles. The molecule has 0 aromatic heterocycles. The van der Waals surface area contributed by atoms with Crippen LogP contribution in [0.1, 0.15) is 27.0 Å². The number of aliphatic hydroxyl groups excluding tert-OH is 1. The zero-order valence-electron chi connectivity index (χ0n) is 16.8. The van der Waals surface area contributed by atoms with E-state index >= 15 is 0 Å². The minimum Gasteiger partial charge on any atom is -0.506 e. The molecule has 0 fully saturated rings. The second kappa shape index (κ2) is 8.25. The van der Waals surface area contributed by atoms with Crippen LogP contribution in [-0.4, -0.2) is 30.8 Å². The fourth-order valence-corrected chi connectivity index (χ4v) is 3.54. The number of allylic oxidation sites excluding steroid dienone is 1. The van der Waals surface area contributed by atoms with Gasteiger partial charge in [-0.25, -0.2) is 0 Å². The number of ether oxygens (including phenoxy) is 2. The van der Waals surface area contributed by atoms with Crippen molar-refractivity contribution in [1.29, 1.82) is 0 Å². The molecule has 0 heterocycles. The highest BCUT2D eigenvalue weighted by Gasteiger charge is 2.33. The third kappa shape index (κ3) is 3.46. The van der Waals surface area contributed by atoms with Crippen LogP contribution >= 0.6 is 0 Å². The van der Waals surface area contributed by atoms with E-state index in [0.29, 0.717) is 34.9 Å². The fourth-order valence-electron chi connectivity index (χ4n) is 3.54. The number of nitrogens with zero attached hydrogens (tertiary/aromatic N) is 1. The van der Waals surface area contributed by atoms with Crippen LogP contribution in [0.5, 0.6) is 11.5 Å². The van der Waals surface area contributed by atoms with E-state index < -0.39 is 0 Å². The van der Waals surface area contributed by atoms with Gasteiger partial charge in [0.05, 0.1) is 32.0 Å². The van der Waals surface area contributed by atoms with Gasteiger partial charge in [-0.1, -0.05) is 60.7 Å². The normalized spacial score (nSPS) is 13.4. The average Bonchev–Trinajstić information content (AvgIpc) is 3.05. The summed E-state index contributed by atoms with van der Waals surface area (Å²) in [6.07, 6.45) is 0. The first-order chi connectivity index (χ1) is 14.6. The summed E-state index contributed by atoms with van der Waals surface area (Å²) >= 11 is 0. The molecule has 0 aliphatic heterocycles. The molecule has 5 nitrogen and oxygen atoms in total. The lowest BCUT2D eigenvalue weighted by Crippen LogP contribution is -2.13. The van der Waals surface area contributed by atoms with E-state index in [4.69, 9.17) is 14.5 Å². The van der Waals surface area contributed by atoms with Crippen molar-refractivity contribution in [3.8, 4) is 11.5 Å². The van der Waals surface area contributed by atoms with Gasteiger partial charge in [0.25, 0.3) is 0 Å². The lowest BCUT2D eigenvalue weighted by molar-refractivity contribution is 0.104. The first-order valence-corrected chi connectivity index (χ1v) is 9.52. The van der Waals surface area contributed by atoms with Crippen molar-refractivity contribution in [2.24, 2.45) is 4.99 Å². The summed E-state index contributed by atoms with van der Waals surface area (Å²) in [7, 11) is 3.17. The second-order valence-electron chi connectivity index (χ2n) is 6.82. The number of carbonyl (C=O) groups excluding carboxylic acids is 1. The average molecular weight is 399 g/mol. The van der Waals surface area contributed by atoms with Crippen molar-refractivity contribution >= 4 is 17.3 Å². The monoisotopic (exact) mass is 399 g/mol. The van der Waals surface area contributed by atoms with Gasteiger partial charge in [-0.15, -0.1) is 0 Å². The van der Waals surface area contributed by atoms with E-state index in [1.165, 1.54) is 0 Å². The topological polar surface area (TPSA) is 68.1 Å². The molecule has 30 heavy (non-hydrogen) atoms. The minimum atomic E-state index is -0.224. The molecule has 3 aromatic rings. The lowest BCUT2D eigenvalue weighted by atomic mass is 9.99. The molecule has 0 bridgehead atoms. The van der Waals surface area contributed by atoms with E-state index in [-0.39, 0.29) is 17.1 Å². The number of rotatable bonds is 6. The third-order valence-corrected chi connectivity index (χ3v) is 5.04. The van der Waals surface area contributed by atoms with Crippen molar-refractivity contribution in [3.63, 3.8) is 0 Å². The zero-order valence-corrected chi connectivity index (χ0v) is 16.8. The Hall–Kier alpha value is -3.86. The zero-order chi connectivity index (χ0) is 21.1. The maximum atomic E-state index is 13.1. The standard InChI is InChI=1S/C25H21NO4/c1-29-20-13-12-16(14-21(20)30-2)15-26-23(17-8-4-3-5-9-17)22-24(27)18-10-6-7-11-19(18)25(22)28/h3-14,27H,15H2,1-2H3. The molecular weight excluding hydrogens is 378 g/mol. The first-order valence-electron chi connectivity index (χ1n) is 9.52. The Morgan fingerprint density at radius 1 is 0.867 bits per heavy atom. The first kappa shape index (κ1) is 19.5. The highest BCUT2D eigenvalue weighted by molar-refractivity contribution is 6.39. The predicted octanol–water partition coefficient (Wildman–Crippen LogP) is 4.86.